The third-order valence-electron chi connectivity index (χ3n) is 5.39. The number of Topliss-reactive ketones (excluding diaryl/α,β-unsaturated/α-hetero) is 1. The summed E-state index contributed by atoms with van der Waals surface area (Å²) in [6.07, 6.45) is 1.92. The summed E-state index contributed by atoms with van der Waals surface area (Å²) < 4.78 is 21.4. The summed E-state index contributed by atoms with van der Waals surface area (Å²) >= 11 is 0. The molecule has 0 radical (unpaired) electrons. The number of methoxy groups -OCH3 is 3. The fourth-order valence-corrected chi connectivity index (χ4v) is 4.05. The Morgan fingerprint density at radius 2 is 1.93 bits per heavy atom. The van der Waals surface area contributed by atoms with Gasteiger partial charge in [-0.2, -0.15) is 0 Å². The van der Waals surface area contributed by atoms with Crippen LogP contribution in [0.2, 0.25) is 0 Å². The number of aliphatic imine (C=N–C) groups is 1. The van der Waals surface area contributed by atoms with E-state index in [4.69, 9.17) is 18.9 Å². The highest BCUT2D eigenvalue weighted by Gasteiger charge is 2.44. The molecule has 1 aromatic rings. The van der Waals surface area contributed by atoms with Gasteiger partial charge >= 0.3 is 5.97 Å². The normalized spacial score (nSPS) is 21.4. The van der Waals surface area contributed by atoms with E-state index >= 15 is 0 Å². The second kappa shape index (κ2) is 9.22. The quantitative estimate of drug-likeness (QED) is 0.516. The zero-order valence-corrected chi connectivity index (χ0v) is 17.3. The number of allylic oxidation sites excluding steroid dienone is 2. The van der Waals surface area contributed by atoms with Gasteiger partial charge in [-0.25, -0.2) is 0 Å². The Morgan fingerprint density at radius 1 is 1.14 bits per heavy atom. The van der Waals surface area contributed by atoms with Crippen LogP contribution in [0.15, 0.2) is 34.5 Å². The highest BCUT2D eigenvalue weighted by atomic mass is 16.6. The number of benzene rings is 1. The van der Waals surface area contributed by atoms with E-state index in [2.05, 4.69) is 4.99 Å². The number of ketones is 1. The molecule has 1 unspecified atom stereocenters. The summed E-state index contributed by atoms with van der Waals surface area (Å²) in [5, 5.41) is 0. The predicted molar refractivity (Wildman–Crippen MR) is 108 cm³/mol. The Labute approximate surface area is 170 Å². The van der Waals surface area contributed by atoms with Crippen molar-refractivity contribution in [1.29, 1.82) is 0 Å². The van der Waals surface area contributed by atoms with Crippen LogP contribution >= 0.6 is 0 Å². The second-order valence-corrected chi connectivity index (χ2v) is 7.11. The SMILES string of the molecule is COCCOC(=O)C1C(C)=NC2=C(C(=O)CCC2)[C@H]1c1cc(OC)ccc1OC. The van der Waals surface area contributed by atoms with Crippen LogP contribution in [0.25, 0.3) is 0 Å². The molecule has 0 aromatic heterocycles. The Kier molecular flexibility index (Phi) is 6.69. The minimum absolute atomic E-state index is 0.0204. The highest BCUT2D eigenvalue weighted by molar-refractivity contribution is 6.09. The van der Waals surface area contributed by atoms with Crippen molar-refractivity contribution in [2.24, 2.45) is 10.9 Å². The van der Waals surface area contributed by atoms with E-state index in [0.29, 0.717) is 42.2 Å². The third-order valence-corrected chi connectivity index (χ3v) is 5.39. The molecule has 0 amide bonds. The summed E-state index contributed by atoms with van der Waals surface area (Å²) in [6.45, 7) is 2.25. The maximum absolute atomic E-state index is 13.0. The molecule has 0 bridgehead atoms. The van der Waals surface area contributed by atoms with Crippen LogP contribution in [0, 0.1) is 5.92 Å². The smallest absolute Gasteiger partial charge is 0.315 e. The van der Waals surface area contributed by atoms with Crippen LogP contribution in [0.4, 0.5) is 0 Å². The highest BCUT2D eigenvalue weighted by Crippen LogP contribution is 2.46. The minimum atomic E-state index is -0.714. The van der Waals surface area contributed by atoms with Crippen LogP contribution in [0.3, 0.4) is 0 Å². The third kappa shape index (κ3) is 4.19. The van der Waals surface area contributed by atoms with Crippen molar-refractivity contribution in [3.63, 3.8) is 0 Å². The monoisotopic (exact) mass is 401 g/mol. The molecule has 1 aliphatic carbocycles. The minimum Gasteiger partial charge on any atom is -0.497 e. The Balaban J connectivity index is 2.13. The van der Waals surface area contributed by atoms with Crippen LogP contribution < -0.4 is 9.47 Å². The van der Waals surface area contributed by atoms with E-state index < -0.39 is 17.8 Å². The second-order valence-electron chi connectivity index (χ2n) is 7.11. The van der Waals surface area contributed by atoms with E-state index in [9.17, 15) is 9.59 Å². The molecule has 0 fully saturated rings. The molecule has 2 atom stereocenters. The van der Waals surface area contributed by atoms with Gasteiger partial charge in [0.1, 0.15) is 24.0 Å². The summed E-state index contributed by atoms with van der Waals surface area (Å²) in [7, 11) is 4.69. The maximum Gasteiger partial charge on any atom is 0.315 e. The predicted octanol–water partition coefficient (Wildman–Crippen LogP) is 3.07. The first-order valence-corrected chi connectivity index (χ1v) is 9.70. The summed E-state index contributed by atoms with van der Waals surface area (Å²) in [6, 6.07) is 5.40. The fraction of sp³-hybridized carbons (Fsp3) is 0.500. The first kappa shape index (κ1) is 21.0. The lowest BCUT2D eigenvalue weighted by Crippen LogP contribution is -2.37. The molecular formula is C22H27NO6. The maximum atomic E-state index is 13.0. The van der Waals surface area contributed by atoms with Crippen molar-refractivity contribution in [2.45, 2.75) is 32.1 Å². The molecule has 3 rings (SSSR count). The largest absolute Gasteiger partial charge is 0.497 e. The topological polar surface area (TPSA) is 83.4 Å². The zero-order chi connectivity index (χ0) is 21.0. The van der Waals surface area contributed by atoms with E-state index in [1.165, 1.54) is 0 Å². The van der Waals surface area contributed by atoms with Gasteiger partial charge in [-0.15, -0.1) is 0 Å². The number of rotatable bonds is 7. The van der Waals surface area contributed by atoms with Gasteiger partial charge in [-0.05, 0) is 38.0 Å². The molecule has 1 heterocycles. The van der Waals surface area contributed by atoms with Crippen LogP contribution in [0.1, 0.15) is 37.7 Å². The van der Waals surface area contributed by atoms with E-state index in [1.54, 1.807) is 33.5 Å². The van der Waals surface area contributed by atoms with E-state index in [1.807, 2.05) is 13.0 Å². The molecule has 2 aliphatic rings. The first-order valence-electron chi connectivity index (χ1n) is 9.70. The Bertz CT molecular complexity index is 857. The van der Waals surface area contributed by atoms with Gasteiger partial charge in [0.25, 0.3) is 0 Å². The van der Waals surface area contributed by atoms with Crippen LogP contribution in [-0.2, 0) is 19.1 Å². The molecule has 0 saturated carbocycles. The molecular weight excluding hydrogens is 374 g/mol. The molecule has 29 heavy (non-hydrogen) atoms. The van der Waals surface area contributed by atoms with Gasteiger partial charge in [0.15, 0.2) is 5.78 Å². The van der Waals surface area contributed by atoms with E-state index in [-0.39, 0.29) is 12.4 Å². The van der Waals surface area contributed by atoms with Crippen molar-refractivity contribution < 1.29 is 28.5 Å². The van der Waals surface area contributed by atoms with Gasteiger partial charge in [0.05, 0.1) is 20.8 Å². The molecule has 1 aromatic carbocycles. The standard InChI is InChI=1S/C22H27NO6/c1-13-19(22(25)29-11-10-26-2)20(21-16(23-13)6-5-7-17(21)24)15-12-14(27-3)8-9-18(15)28-4/h8-9,12,19-20H,5-7,10-11H2,1-4H3/t19?,20-/m0/s1. The number of hydrogen-bond donors (Lipinski definition) is 0. The van der Waals surface area contributed by atoms with Crippen LogP contribution in [-0.4, -0.2) is 52.0 Å². The van der Waals surface area contributed by atoms with Crippen molar-refractivity contribution in [3.05, 3.63) is 35.0 Å². The molecule has 0 spiro atoms. The summed E-state index contributed by atoms with van der Waals surface area (Å²) in [4.78, 5) is 30.6. The lowest BCUT2D eigenvalue weighted by molar-refractivity contribution is -0.147. The molecule has 0 N–H and O–H groups in total. The number of esters is 1. The van der Waals surface area contributed by atoms with Gasteiger partial charge in [-0.1, -0.05) is 0 Å². The average molecular weight is 401 g/mol. The molecule has 156 valence electrons. The number of hydrogen-bond acceptors (Lipinski definition) is 7. The van der Waals surface area contributed by atoms with E-state index in [0.717, 1.165) is 17.7 Å². The summed E-state index contributed by atoms with van der Waals surface area (Å²) in [5.74, 6) is -0.442. The van der Waals surface area contributed by atoms with Crippen molar-refractivity contribution >= 4 is 17.5 Å². The molecule has 7 nitrogen and oxygen atoms in total. The van der Waals surface area contributed by atoms with Crippen molar-refractivity contribution in [1.82, 2.24) is 0 Å². The fourth-order valence-electron chi connectivity index (χ4n) is 4.05. The number of carbonyl (C=O) groups excluding carboxylic acids is 2. The lowest BCUT2D eigenvalue weighted by Gasteiger charge is -2.35. The number of carbonyl (C=O) groups is 2. The van der Waals surface area contributed by atoms with Gasteiger partial charge < -0.3 is 18.9 Å². The van der Waals surface area contributed by atoms with Crippen molar-refractivity contribution in [3.8, 4) is 11.5 Å². The Morgan fingerprint density at radius 3 is 2.62 bits per heavy atom. The average Bonchev–Trinajstić information content (AvgIpc) is 2.72. The van der Waals surface area contributed by atoms with Gasteiger partial charge in [0.2, 0.25) is 0 Å². The molecule has 7 heteroatoms. The first-order chi connectivity index (χ1) is 14.0. The summed E-state index contributed by atoms with van der Waals surface area (Å²) in [5.41, 5.74) is 2.70. The molecule has 1 aliphatic heterocycles. The Hall–Kier alpha value is -2.67. The van der Waals surface area contributed by atoms with Crippen LogP contribution in [0.5, 0.6) is 11.5 Å². The van der Waals surface area contributed by atoms with Gasteiger partial charge in [-0.3, -0.25) is 14.6 Å². The number of ether oxygens (including phenoxy) is 4. The number of nitrogens with zero attached hydrogens (tertiary/aromatic N) is 1. The van der Waals surface area contributed by atoms with Gasteiger partial charge in [0, 0.05) is 42.0 Å². The lowest BCUT2D eigenvalue weighted by atomic mass is 9.71. The molecule has 0 saturated heterocycles. The van der Waals surface area contributed by atoms with Crippen molar-refractivity contribution in [2.75, 3.05) is 34.5 Å². The zero-order valence-electron chi connectivity index (χ0n) is 17.3.